The summed E-state index contributed by atoms with van der Waals surface area (Å²) in [6.07, 6.45) is 0. The van der Waals surface area contributed by atoms with Crippen molar-refractivity contribution >= 4 is 40.1 Å². The first-order valence-electron chi connectivity index (χ1n) is 5.16. The number of thioether (sulfide) groups is 1. The number of nitrogens with one attached hydrogen (secondary N) is 1. The predicted octanol–water partition coefficient (Wildman–Crippen LogP) is 0.835. The molecule has 8 heteroatoms. The van der Waals surface area contributed by atoms with Crippen LogP contribution in [0.15, 0.2) is 5.38 Å². The van der Waals surface area contributed by atoms with Crippen LogP contribution in [0.3, 0.4) is 0 Å². The molecule has 0 bridgehead atoms. The van der Waals surface area contributed by atoms with Gasteiger partial charge in [0.05, 0.1) is 12.8 Å². The summed E-state index contributed by atoms with van der Waals surface area (Å²) < 4.78 is 4.52. The molecule has 1 unspecified atom stereocenters. The van der Waals surface area contributed by atoms with Crippen LogP contribution in [0.1, 0.15) is 12.6 Å². The summed E-state index contributed by atoms with van der Waals surface area (Å²) in [5, 5.41) is 5.05. The quantitative estimate of drug-likeness (QED) is 0.753. The lowest BCUT2D eigenvalue weighted by molar-refractivity contribution is -0.141. The Kier molecular flexibility index (Phi) is 6.10. The third kappa shape index (κ3) is 5.03. The van der Waals surface area contributed by atoms with E-state index in [1.165, 1.54) is 37.1 Å². The number of nitrogens with two attached hydrogens (primary N) is 1. The molecule has 0 aromatic carbocycles. The SMILES string of the molecule is COC(=O)C(N)CSCc1csc(NC(C)=O)n1. The second-order valence-corrected chi connectivity index (χ2v) is 5.36. The van der Waals surface area contributed by atoms with Crippen LogP contribution in [0, 0.1) is 0 Å². The normalized spacial score (nSPS) is 11.9. The van der Waals surface area contributed by atoms with Crippen molar-refractivity contribution in [2.75, 3.05) is 18.2 Å². The molecule has 0 aliphatic carbocycles. The molecule has 1 rings (SSSR count). The van der Waals surface area contributed by atoms with E-state index in [2.05, 4.69) is 15.0 Å². The van der Waals surface area contributed by atoms with Crippen LogP contribution in [-0.4, -0.2) is 35.8 Å². The van der Waals surface area contributed by atoms with Crippen LogP contribution >= 0.6 is 23.1 Å². The van der Waals surface area contributed by atoms with E-state index < -0.39 is 12.0 Å². The fourth-order valence-electron chi connectivity index (χ4n) is 1.09. The fraction of sp³-hybridized carbons (Fsp3) is 0.500. The number of carbonyl (C=O) groups is 2. The van der Waals surface area contributed by atoms with Crippen molar-refractivity contribution in [1.82, 2.24) is 4.98 Å². The van der Waals surface area contributed by atoms with Gasteiger partial charge in [-0.25, -0.2) is 4.98 Å². The summed E-state index contributed by atoms with van der Waals surface area (Å²) in [7, 11) is 1.31. The molecule has 6 nitrogen and oxygen atoms in total. The van der Waals surface area contributed by atoms with Crippen LogP contribution in [0.25, 0.3) is 0 Å². The summed E-state index contributed by atoms with van der Waals surface area (Å²) in [4.78, 5) is 26.1. The van der Waals surface area contributed by atoms with Crippen molar-refractivity contribution < 1.29 is 14.3 Å². The lowest BCUT2D eigenvalue weighted by Crippen LogP contribution is -2.33. The van der Waals surface area contributed by atoms with E-state index in [1.54, 1.807) is 0 Å². The number of esters is 1. The fourth-order valence-corrected chi connectivity index (χ4v) is 2.82. The lowest BCUT2D eigenvalue weighted by Gasteiger charge is -2.07. The van der Waals surface area contributed by atoms with Crippen molar-refractivity contribution in [3.8, 4) is 0 Å². The molecule has 1 amide bonds. The standard InChI is InChI=1S/C10H15N3O3S2/c1-6(14)12-10-13-7(4-18-10)3-17-5-8(11)9(15)16-2/h4,8H,3,5,11H2,1-2H3,(H,12,13,14). The van der Waals surface area contributed by atoms with Gasteiger partial charge in [-0.15, -0.1) is 11.3 Å². The Morgan fingerprint density at radius 1 is 1.67 bits per heavy atom. The van der Waals surface area contributed by atoms with Gasteiger partial charge < -0.3 is 15.8 Å². The van der Waals surface area contributed by atoms with E-state index in [4.69, 9.17) is 5.73 Å². The minimum Gasteiger partial charge on any atom is -0.468 e. The number of nitrogens with zero attached hydrogens (tertiary/aromatic N) is 1. The highest BCUT2D eigenvalue weighted by Gasteiger charge is 2.13. The van der Waals surface area contributed by atoms with E-state index in [9.17, 15) is 9.59 Å². The molecule has 0 saturated heterocycles. The Balaban J connectivity index is 2.33. The summed E-state index contributed by atoms with van der Waals surface area (Å²) in [5.41, 5.74) is 6.45. The lowest BCUT2D eigenvalue weighted by atomic mass is 10.4. The van der Waals surface area contributed by atoms with E-state index in [1.807, 2.05) is 5.38 Å². The monoisotopic (exact) mass is 289 g/mol. The minimum atomic E-state index is -0.617. The number of anilines is 1. The highest BCUT2D eigenvalue weighted by atomic mass is 32.2. The molecule has 0 aliphatic heterocycles. The molecule has 0 radical (unpaired) electrons. The van der Waals surface area contributed by atoms with Crippen molar-refractivity contribution in [3.63, 3.8) is 0 Å². The number of hydrogen-bond donors (Lipinski definition) is 2. The number of hydrogen-bond acceptors (Lipinski definition) is 7. The van der Waals surface area contributed by atoms with Gasteiger partial charge in [0.15, 0.2) is 5.13 Å². The summed E-state index contributed by atoms with van der Waals surface area (Å²) >= 11 is 2.86. The van der Waals surface area contributed by atoms with Crippen LogP contribution in [0.2, 0.25) is 0 Å². The molecule has 100 valence electrons. The number of thiazole rings is 1. The summed E-state index contributed by atoms with van der Waals surface area (Å²) in [5.74, 6) is 0.552. The minimum absolute atomic E-state index is 0.142. The number of amides is 1. The Hall–Kier alpha value is -1.12. The molecule has 3 N–H and O–H groups in total. The molecule has 0 spiro atoms. The zero-order valence-electron chi connectivity index (χ0n) is 10.1. The first kappa shape index (κ1) is 14.9. The van der Waals surface area contributed by atoms with Crippen LogP contribution in [0.4, 0.5) is 5.13 Å². The maximum Gasteiger partial charge on any atom is 0.323 e. The number of rotatable bonds is 6. The van der Waals surface area contributed by atoms with E-state index >= 15 is 0 Å². The molecule has 0 fully saturated rings. The van der Waals surface area contributed by atoms with Gasteiger partial charge in [0.25, 0.3) is 0 Å². The largest absolute Gasteiger partial charge is 0.468 e. The highest BCUT2D eigenvalue weighted by molar-refractivity contribution is 7.98. The molecule has 1 aromatic heterocycles. The first-order valence-corrected chi connectivity index (χ1v) is 7.19. The molecular weight excluding hydrogens is 274 g/mol. The van der Waals surface area contributed by atoms with E-state index in [0.717, 1.165) is 5.69 Å². The van der Waals surface area contributed by atoms with Crippen molar-refractivity contribution in [2.24, 2.45) is 5.73 Å². The number of aromatic nitrogens is 1. The average molecular weight is 289 g/mol. The van der Waals surface area contributed by atoms with Crippen molar-refractivity contribution in [2.45, 2.75) is 18.7 Å². The van der Waals surface area contributed by atoms with Crippen molar-refractivity contribution in [3.05, 3.63) is 11.1 Å². The predicted molar refractivity (Wildman–Crippen MR) is 72.6 cm³/mol. The molecule has 1 aromatic rings. The van der Waals surface area contributed by atoms with Crippen LogP contribution in [0.5, 0.6) is 0 Å². The number of ether oxygens (including phenoxy) is 1. The van der Waals surface area contributed by atoms with E-state index in [0.29, 0.717) is 16.6 Å². The van der Waals surface area contributed by atoms with Crippen LogP contribution < -0.4 is 11.1 Å². The summed E-state index contributed by atoms with van der Waals surface area (Å²) in [6.45, 7) is 1.44. The number of carbonyl (C=O) groups excluding carboxylic acids is 2. The first-order chi connectivity index (χ1) is 8.52. The van der Waals surface area contributed by atoms with Gasteiger partial charge in [-0.05, 0) is 0 Å². The van der Waals surface area contributed by atoms with Gasteiger partial charge in [0.2, 0.25) is 5.91 Å². The Bertz CT molecular complexity index is 422. The third-order valence-electron chi connectivity index (χ3n) is 1.89. The second kappa shape index (κ2) is 7.34. The maximum absolute atomic E-state index is 11.1. The Morgan fingerprint density at radius 2 is 2.39 bits per heavy atom. The van der Waals surface area contributed by atoms with Gasteiger partial charge in [0.1, 0.15) is 6.04 Å². The second-order valence-electron chi connectivity index (χ2n) is 3.47. The average Bonchev–Trinajstić information content (AvgIpc) is 2.74. The van der Waals surface area contributed by atoms with Gasteiger partial charge in [-0.3, -0.25) is 9.59 Å². The zero-order valence-corrected chi connectivity index (χ0v) is 11.8. The molecule has 1 atom stereocenters. The smallest absolute Gasteiger partial charge is 0.323 e. The number of methoxy groups -OCH3 is 1. The molecule has 0 aliphatic rings. The topological polar surface area (TPSA) is 94.3 Å². The Morgan fingerprint density at radius 3 is 3.00 bits per heavy atom. The third-order valence-corrected chi connectivity index (χ3v) is 3.79. The molecular formula is C10H15N3O3S2. The van der Waals surface area contributed by atoms with Gasteiger partial charge >= 0.3 is 5.97 Å². The molecule has 1 heterocycles. The molecule has 0 saturated carbocycles. The van der Waals surface area contributed by atoms with Crippen molar-refractivity contribution in [1.29, 1.82) is 0 Å². The van der Waals surface area contributed by atoms with Gasteiger partial charge in [0, 0.05) is 23.8 Å². The van der Waals surface area contributed by atoms with Crippen LogP contribution in [-0.2, 0) is 20.1 Å². The Labute approximate surface area is 113 Å². The summed E-state index contributed by atoms with van der Waals surface area (Å²) in [6, 6.07) is -0.617. The van der Waals surface area contributed by atoms with Gasteiger partial charge in [-0.2, -0.15) is 11.8 Å². The molecule has 18 heavy (non-hydrogen) atoms. The highest BCUT2D eigenvalue weighted by Crippen LogP contribution is 2.19. The maximum atomic E-state index is 11.1. The van der Waals surface area contributed by atoms with Gasteiger partial charge in [-0.1, -0.05) is 0 Å². The van der Waals surface area contributed by atoms with E-state index in [-0.39, 0.29) is 5.91 Å². The zero-order chi connectivity index (χ0) is 13.5.